The first-order chi connectivity index (χ1) is 4.63. The summed E-state index contributed by atoms with van der Waals surface area (Å²) < 4.78 is 23.6. The molecule has 0 fully saturated rings. The Morgan fingerprint density at radius 3 is 2.50 bits per heavy atom. The maximum atomic E-state index is 11.8. The second-order valence-corrected chi connectivity index (χ2v) is 2.00. The Morgan fingerprint density at radius 2 is 2.30 bits per heavy atom. The highest BCUT2D eigenvalue weighted by Crippen LogP contribution is 2.15. The largest absolute Gasteiger partial charge is 0.292 e. The molecule has 1 aliphatic rings. The van der Waals surface area contributed by atoms with Crippen molar-refractivity contribution >= 4 is 5.78 Å². The van der Waals surface area contributed by atoms with Gasteiger partial charge in [-0.1, -0.05) is 0 Å². The summed E-state index contributed by atoms with van der Waals surface area (Å²) in [6.07, 6.45) is -0.737. The fraction of sp³-hybridized carbons (Fsp3) is 0.500. The van der Waals surface area contributed by atoms with E-state index in [1.807, 2.05) is 6.20 Å². The molecule has 0 aliphatic carbocycles. The zero-order chi connectivity index (χ0) is 7.72. The zero-order valence-corrected chi connectivity index (χ0v) is 5.27. The van der Waals surface area contributed by atoms with Crippen molar-refractivity contribution in [3.63, 3.8) is 0 Å². The third-order valence-corrected chi connectivity index (χ3v) is 1.24. The standard InChI is InChI=1S/C6H5F2NO/c1-3-5(10)4(2-9-3)6(7)8/h3,6H,1H3. The van der Waals surface area contributed by atoms with Crippen molar-refractivity contribution in [2.75, 3.05) is 0 Å². The van der Waals surface area contributed by atoms with Crippen molar-refractivity contribution < 1.29 is 13.6 Å². The molecule has 10 heavy (non-hydrogen) atoms. The molecule has 4 heteroatoms. The van der Waals surface area contributed by atoms with Gasteiger partial charge in [-0.05, 0) is 6.92 Å². The Balaban J connectivity index is 2.72. The molecule has 0 aromatic heterocycles. The normalized spacial score (nSPS) is 25.0. The Hall–Kier alpha value is -0.930. The fourth-order valence-electron chi connectivity index (χ4n) is 0.661. The molecule has 0 amide bonds. The minimum atomic E-state index is -2.74. The summed E-state index contributed by atoms with van der Waals surface area (Å²) in [4.78, 5) is 10.7. The number of halogens is 2. The van der Waals surface area contributed by atoms with Gasteiger partial charge in [0, 0.05) is 0 Å². The van der Waals surface area contributed by atoms with Crippen molar-refractivity contribution in [3.05, 3.63) is 11.8 Å². The number of ketones is 1. The van der Waals surface area contributed by atoms with Crippen LogP contribution in [0.25, 0.3) is 0 Å². The summed E-state index contributed by atoms with van der Waals surface area (Å²) in [5.74, 6) is -0.616. The van der Waals surface area contributed by atoms with Crippen molar-refractivity contribution in [2.24, 2.45) is 0 Å². The van der Waals surface area contributed by atoms with Crippen LogP contribution >= 0.6 is 0 Å². The van der Waals surface area contributed by atoms with Gasteiger partial charge in [-0.25, -0.2) is 8.78 Å². The molecule has 0 spiro atoms. The number of hydrogen-bond donors (Lipinski definition) is 0. The highest BCUT2D eigenvalue weighted by Gasteiger charge is 2.30. The topological polar surface area (TPSA) is 31.2 Å². The number of Topliss-reactive ketones (excluding diaryl/α,β-unsaturated/α-hetero) is 1. The van der Waals surface area contributed by atoms with Crippen LogP contribution in [0.15, 0.2) is 5.57 Å². The van der Waals surface area contributed by atoms with E-state index in [0.29, 0.717) is 0 Å². The molecule has 1 atom stereocenters. The second-order valence-electron chi connectivity index (χ2n) is 2.00. The van der Waals surface area contributed by atoms with Crippen molar-refractivity contribution in [2.45, 2.75) is 19.4 Å². The van der Waals surface area contributed by atoms with Gasteiger partial charge in [-0.3, -0.25) is 10.1 Å². The van der Waals surface area contributed by atoms with Crippen molar-refractivity contribution in [3.8, 4) is 0 Å². The number of hydrogen-bond acceptors (Lipinski definition) is 1. The summed E-state index contributed by atoms with van der Waals surface area (Å²) in [6.45, 7) is 1.46. The van der Waals surface area contributed by atoms with E-state index in [4.69, 9.17) is 0 Å². The van der Waals surface area contributed by atoms with Crippen LogP contribution in [0.3, 0.4) is 0 Å². The molecule has 0 saturated heterocycles. The summed E-state index contributed by atoms with van der Waals surface area (Å²) in [5, 5.41) is 3.40. The molecule has 2 radical (unpaired) electrons. The third-order valence-electron chi connectivity index (χ3n) is 1.24. The first-order valence-corrected chi connectivity index (χ1v) is 2.78. The number of rotatable bonds is 1. The average Bonchev–Trinajstić information content (AvgIpc) is 2.14. The number of alkyl halides is 2. The van der Waals surface area contributed by atoms with E-state index in [2.05, 4.69) is 5.32 Å². The molecule has 0 bridgehead atoms. The van der Waals surface area contributed by atoms with Gasteiger partial charge in [0.25, 0.3) is 6.43 Å². The van der Waals surface area contributed by atoms with Crippen molar-refractivity contribution in [1.82, 2.24) is 5.32 Å². The lowest BCUT2D eigenvalue weighted by Crippen LogP contribution is -2.20. The van der Waals surface area contributed by atoms with E-state index >= 15 is 0 Å². The molecule has 2 nitrogen and oxygen atoms in total. The molecule has 0 aromatic carbocycles. The molecule has 1 unspecified atom stereocenters. The summed E-state index contributed by atoms with van der Waals surface area (Å²) in [5.41, 5.74) is -0.590. The first-order valence-electron chi connectivity index (χ1n) is 2.78. The Morgan fingerprint density at radius 1 is 1.70 bits per heavy atom. The van der Waals surface area contributed by atoms with Crippen LogP contribution in [0.2, 0.25) is 0 Å². The SMILES string of the molecule is CC1[N][C]=C(C(F)F)C1=O. The van der Waals surface area contributed by atoms with E-state index in [9.17, 15) is 13.6 Å². The Bertz CT molecular complexity index is 188. The minimum absolute atomic E-state index is 0.590. The zero-order valence-electron chi connectivity index (χ0n) is 5.27. The predicted octanol–water partition coefficient (Wildman–Crippen LogP) is 0.514. The molecule has 1 heterocycles. The monoisotopic (exact) mass is 145 g/mol. The molecular weight excluding hydrogens is 140 g/mol. The number of carbonyl (C=O) groups is 1. The van der Waals surface area contributed by atoms with E-state index in [-0.39, 0.29) is 0 Å². The number of carbonyl (C=O) groups excluding carboxylic acids is 1. The predicted molar refractivity (Wildman–Crippen MR) is 29.4 cm³/mol. The van der Waals surface area contributed by atoms with Gasteiger partial charge in [0.1, 0.15) is 6.04 Å². The first kappa shape index (κ1) is 7.18. The molecule has 1 aliphatic heterocycles. The van der Waals surface area contributed by atoms with Crippen molar-refractivity contribution in [1.29, 1.82) is 0 Å². The molecule has 54 valence electrons. The third kappa shape index (κ3) is 1.01. The number of nitrogens with zero attached hydrogens (tertiary/aromatic N) is 1. The highest BCUT2D eigenvalue weighted by atomic mass is 19.3. The maximum absolute atomic E-state index is 11.8. The van der Waals surface area contributed by atoms with Crippen LogP contribution in [0, 0.1) is 6.20 Å². The van der Waals surface area contributed by atoms with Gasteiger partial charge in [0.2, 0.25) is 0 Å². The molecule has 0 N–H and O–H groups in total. The Labute approximate surface area is 56.9 Å². The van der Waals surface area contributed by atoms with Gasteiger partial charge in [0.15, 0.2) is 5.78 Å². The molecule has 1 rings (SSSR count). The lowest BCUT2D eigenvalue weighted by molar-refractivity contribution is -0.117. The molecule has 0 saturated carbocycles. The summed E-state index contributed by atoms with van der Waals surface area (Å²) >= 11 is 0. The van der Waals surface area contributed by atoms with Gasteiger partial charge in [-0.2, -0.15) is 0 Å². The second kappa shape index (κ2) is 2.36. The highest BCUT2D eigenvalue weighted by molar-refractivity contribution is 6.01. The van der Waals surface area contributed by atoms with Gasteiger partial charge in [-0.15, -0.1) is 0 Å². The Kier molecular flexibility index (Phi) is 1.70. The van der Waals surface area contributed by atoms with Crippen LogP contribution in [-0.4, -0.2) is 18.3 Å². The van der Waals surface area contributed by atoms with Gasteiger partial charge in [0.05, 0.1) is 11.8 Å². The van der Waals surface area contributed by atoms with Crippen LogP contribution in [0.4, 0.5) is 8.78 Å². The average molecular weight is 145 g/mol. The van der Waals surface area contributed by atoms with E-state index < -0.39 is 23.8 Å². The van der Waals surface area contributed by atoms with E-state index in [1.165, 1.54) is 6.92 Å². The van der Waals surface area contributed by atoms with Crippen LogP contribution < -0.4 is 5.32 Å². The van der Waals surface area contributed by atoms with E-state index in [1.54, 1.807) is 0 Å². The lowest BCUT2D eigenvalue weighted by Gasteiger charge is -1.97. The van der Waals surface area contributed by atoms with Crippen LogP contribution in [0.1, 0.15) is 6.92 Å². The summed E-state index contributed by atoms with van der Waals surface area (Å²) in [6, 6.07) is -0.663. The minimum Gasteiger partial charge on any atom is -0.292 e. The van der Waals surface area contributed by atoms with E-state index in [0.717, 1.165) is 0 Å². The molecular formula is C6H5F2NO. The van der Waals surface area contributed by atoms with Crippen LogP contribution in [0.5, 0.6) is 0 Å². The quantitative estimate of drug-likeness (QED) is 0.529. The summed E-state index contributed by atoms with van der Waals surface area (Å²) in [7, 11) is 0. The van der Waals surface area contributed by atoms with Gasteiger partial charge < -0.3 is 0 Å². The smallest absolute Gasteiger partial charge is 0.269 e. The van der Waals surface area contributed by atoms with Crippen LogP contribution in [-0.2, 0) is 4.79 Å². The maximum Gasteiger partial charge on any atom is 0.269 e. The lowest BCUT2D eigenvalue weighted by atomic mass is 10.1. The molecule has 0 aromatic rings. The van der Waals surface area contributed by atoms with Gasteiger partial charge >= 0.3 is 0 Å². The fourth-order valence-corrected chi connectivity index (χ4v) is 0.661.